The van der Waals surface area contributed by atoms with Crippen LogP contribution in [0.2, 0.25) is 0 Å². The van der Waals surface area contributed by atoms with Crippen LogP contribution in [-0.2, 0) is 17.2 Å². The fourth-order valence-electron chi connectivity index (χ4n) is 1.72. The lowest BCUT2D eigenvalue weighted by molar-refractivity contribution is -0.0500. The average Bonchev–Trinajstić information content (AvgIpc) is 2.77. The first kappa shape index (κ1) is 16.8. The molecular formula is C13H10F3N3O3S. The van der Waals surface area contributed by atoms with Crippen molar-refractivity contribution in [1.29, 1.82) is 5.26 Å². The maximum absolute atomic E-state index is 12.3. The van der Waals surface area contributed by atoms with Crippen molar-refractivity contribution in [2.75, 3.05) is 0 Å². The van der Waals surface area contributed by atoms with Gasteiger partial charge in [0.05, 0.1) is 11.3 Å². The van der Waals surface area contributed by atoms with E-state index in [0.29, 0.717) is 11.3 Å². The molecule has 10 heteroatoms. The van der Waals surface area contributed by atoms with Crippen molar-refractivity contribution in [1.82, 2.24) is 9.78 Å². The molecule has 0 radical (unpaired) electrons. The van der Waals surface area contributed by atoms with E-state index in [-0.39, 0.29) is 5.56 Å². The van der Waals surface area contributed by atoms with Crippen LogP contribution < -0.4 is 4.18 Å². The van der Waals surface area contributed by atoms with Crippen LogP contribution in [0.3, 0.4) is 0 Å². The Morgan fingerprint density at radius 3 is 2.43 bits per heavy atom. The number of rotatable bonds is 3. The molecule has 0 unspecified atom stereocenters. The summed E-state index contributed by atoms with van der Waals surface area (Å²) in [5.74, 6) is -0.693. The molecule has 2 rings (SSSR count). The maximum atomic E-state index is 12.3. The van der Waals surface area contributed by atoms with Crippen molar-refractivity contribution in [3.05, 3.63) is 35.5 Å². The van der Waals surface area contributed by atoms with Crippen LogP contribution in [0.5, 0.6) is 5.75 Å². The molecule has 0 N–H and O–H groups in total. The summed E-state index contributed by atoms with van der Waals surface area (Å²) in [5.41, 5.74) is -4.15. The van der Waals surface area contributed by atoms with Gasteiger partial charge in [-0.25, -0.2) is 0 Å². The summed E-state index contributed by atoms with van der Waals surface area (Å²) < 4.78 is 64.6. The van der Waals surface area contributed by atoms with E-state index in [9.17, 15) is 21.6 Å². The number of nitriles is 1. The third-order valence-electron chi connectivity index (χ3n) is 2.99. The van der Waals surface area contributed by atoms with E-state index in [1.54, 1.807) is 30.8 Å². The molecule has 0 fully saturated rings. The predicted octanol–water partition coefficient (Wildman–Crippen LogP) is 2.50. The minimum Gasteiger partial charge on any atom is -0.375 e. The van der Waals surface area contributed by atoms with Gasteiger partial charge in [0.25, 0.3) is 0 Å². The minimum absolute atomic E-state index is 0.348. The highest BCUT2D eigenvalue weighted by molar-refractivity contribution is 7.88. The van der Waals surface area contributed by atoms with Crippen molar-refractivity contribution in [3.63, 3.8) is 0 Å². The number of alkyl halides is 3. The number of aryl methyl sites for hydroxylation is 2. The maximum Gasteiger partial charge on any atom is 0.534 e. The van der Waals surface area contributed by atoms with Gasteiger partial charge >= 0.3 is 15.6 Å². The number of aromatic nitrogens is 2. The quantitative estimate of drug-likeness (QED) is 0.630. The molecule has 2 aromatic rings. The number of hydrogen-bond donors (Lipinski definition) is 0. The van der Waals surface area contributed by atoms with Gasteiger partial charge in [-0.15, -0.1) is 0 Å². The highest BCUT2D eigenvalue weighted by Gasteiger charge is 2.48. The summed E-state index contributed by atoms with van der Waals surface area (Å²) in [6.45, 7) is 1.80. The topological polar surface area (TPSA) is 85.0 Å². The average molecular weight is 345 g/mol. The third-order valence-corrected chi connectivity index (χ3v) is 3.96. The second-order valence-corrected chi connectivity index (χ2v) is 6.14. The van der Waals surface area contributed by atoms with Gasteiger partial charge in [0.15, 0.2) is 5.75 Å². The Hall–Kier alpha value is -2.54. The molecule has 0 bridgehead atoms. The molecule has 6 nitrogen and oxygen atoms in total. The van der Waals surface area contributed by atoms with Crippen LogP contribution in [-0.4, -0.2) is 23.7 Å². The van der Waals surface area contributed by atoms with E-state index in [1.807, 2.05) is 0 Å². The summed E-state index contributed by atoms with van der Waals surface area (Å²) >= 11 is 0. The summed E-state index contributed by atoms with van der Waals surface area (Å²) in [5, 5.41) is 13.2. The van der Waals surface area contributed by atoms with E-state index in [4.69, 9.17) is 5.26 Å². The monoisotopic (exact) mass is 345 g/mol. The van der Waals surface area contributed by atoms with Gasteiger partial charge in [0.2, 0.25) is 0 Å². The Labute approximate surface area is 129 Å². The fourth-order valence-corrected chi connectivity index (χ4v) is 2.19. The van der Waals surface area contributed by atoms with Crippen LogP contribution in [0.15, 0.2) is 24.3 Å². The van der Waals surface area contributed by atoms with E-state index in [2.05, 4.69) is 9.28 Å². The summed E-state index contributed by atoms with van der Waals surface area (Å²) in [4.78, 5) is 0. The van der Waals surface area contributed by atoms with Gasteiger partial charge < -0.3 is 4.18 Å². The smallest absolute Gasteiger partial charge is 0.375 e. The van der Waals surface area contributed by atoms with Gasteiger partial charge in [-0.3, -0.25) is 4.68 Å². The molecule has 0 aliphatic rings. The highest BCUT2D eigenvalue weighted by Crippen LogP contribution is 2.31. The first-order valence-corrected chi connectivity index (χ1v) is 7.52. The summed E-state index contributed by atoms with van der Waals surface area (Å²) in [6, 6.07) is 6.84. The van der Waals surface area contributed by atoms with E-state index < -0.39 is 21.4 Å². The largest absolute Gasteiger partial charge is 0.534 e. The lowest BCUT2D eigenvalue weighted by Gasteiger charge is -2.10. The van der Waals surface area contributed by atoms with Crippen molar-refractivity contribution < 1.29 is 25.8 Å². The normalized spacial score (nSPS) is 12.0. The first-order valence-electron chi connectivity index (χ1n) is 6.11. The Morgan fingerprint density at radius 2 is 1.96 bits per heavy atom. The third kappa shape index (κ3) is 3.29. The van der Waals surface area contributed by atoms with Gasteiger partial charge in [-0.1, -0.05) is 0 Å². The molecule has 1 aromatic heterocycles. The highest BCUT2D eigenvalue weighted by atomic mass is 32.2. The van der Waals surface area contributed by atoms with Crippen LogP contribution >= 0.6 is 0 Å². The second-order valence-electron chi connectivity index (χ2n) is 4.60. The lowest BCUT2D eigenvalue weighted by Crippen LogP contribution is -2.28. The van der Waals surface area contributed by atoms with Crippen LogP contribution in [0.25, 0.3) is 11.3 Å². The molecule has 0 saturated heterocycles. The molecule has 1 heterocycles. The molecule has 0 atom stereocenters. The number of hydrogen-bond acceptors (Lipinski definition) is 5. The standard InChI is InChI=1S/C13H10F3N3O3S/c1-8-5-11(18-19(8)2)9-3-4-12(10(6-9)7-17)22-23(20,21)13(14,15)16/h3-6H,1-2H3. The number of nitrogens with zero attached hydrogens (tertiary/aromatic N) is 3. The fraction of sp³-hybridized carbons (Fsp3) is 0.231. The second kappa shape index (κ2) is 5.58. The van der Waals surface area contributed by atoms with Crippen molar-refractivity contribution in [2.45, 2.75) is 12.4 Å². The van der Waals surface area contributed by atoms with Crippen LogP contribution in [0, 0.1) is 18.3 Å². The molecule has 0 aliphatic heterocycles. The molecule has 0 aliphatic carbocycles. The number of benzene rings is 1. The summed E-state index contributed by atoms with van der Waals surface area (Å²) in [7, 11) is -4.13. The molecule has 23 heavy (non-hydrogen) atoms. The Morgan fingerprint density at radius 1 is 1.30 bits per heavy atom. The van der Waals surface area contributed by atoms with E-state index >= 15 is 0 Å². The molecule has 0 spiro atoms. The van der Waals surface area contributed by atoms with Crippen molar-refractivity contribution >= 4 is 10.1 Å². The molecule has 1 aromatic carbocycles. The van der Waals surface area contributed by atoms with Gasteiger partial charge in [0, 0.05) is 18.3 Å². The minimum atomic E-state index is -5.83. The molecule has 122 valence electrons. The zero-order chi connectivity index (χ0) is 17.4. The zero-order valence-corrected chi connectivity index (χ0v) is 12.7. The Balaban J connectivity index is 2.44. The van der Waals surface area contributed by atoms with Crippen molar-refractivity contribution in [2.24, 2.45) is 7.05 Å². The zero-order valence-electron chi connectivity index (χ0n) is 11.9. The lowest BCUT2D eigenvalue weighted by atomic mass is 10.1. The number of halogens is 3. The van der Waals surface area contributed by atoms with Gasteiger partial charge in [-0.05, 0) is 31.2 Å². The summed E-state index contributed by atoms with van der Waals surface area (Å²) in [6.07, 6.45) is 0. The Bertz CT molecular complexity index is 876. The van der Waals surface area contributed by atoms with E-state index in [0.717, 1.165) is 11.8 Å². The SMILES string of the molecule is Cc1cc(-c2ccc(OS(=O)(=O)C(F)(F)F)c(C#N)c2)nn1C. The van der Waals surface area contributed by atoms with E-state index in [1.165, 1.54) is 12.1 Å². The van der Waals surface area contributed by atoms with Crippen LogP contribution in [0.1, 0.15) is 11.3 Å². The Kier molecular flexibility index (Phi) is 4.08. The predicted molar refractivity (Wildman–Crippen MR) is 73.7 cm³/mol. The van der Waals surface area contributed by atoms with Gasteiger partial charge in [-0.2, -0.15) is 31.9 Å². The molecular weight excluding hydrogens is 335 g/mol. The van der Waals surface area contributed by atoms with Crippen LogP contribution in [0.4, 0.5) is 13.2 Å². The molecule has 0 saturated carbocycles. The molecule has 0 amide bonds. The first-order chi connectivity index (χ1) is 10.5. The van der Waals surface area contributed by atoms with Gasteiger partial charge in [0.1, 0.15) is 6.07 Å². The van der Waals surface area contributed by atoms with Crippen molar-refractivity contribution in [3.8, 4) is 23.1 Å².